The molecule has 0 unspecified atom stereocenters. The van der Waals surface area contributed by atoms with Crippen molar-refractivity contribution in [2.75, 3.05) is 25.1 Å². The predicted octanol–water partition coefficient (Wildman–Crippen LogP) is 1.67. The van der Waals surface area contributed by atoms with Crippen LogP contribution >= 0.6 is 0 Å². The second kappa shape index (κ2) is 5.51. The van der Waals surface area contributed by atoms with E-state index in [9.17, 15) is 0 Å². The highest BCUT2D eigenvalue weighted by Crippen LogP contribution is 2.21. The van der Waals surface area contributed by atoms with Crippen molar-refractivity contribution >= 4 is 11.9 Å². The number of hydrogen-bond donors (Lipinski definition) is 2. The van der Waals surface area contributed by atoms with E-state index in [0.717, 1.165) is 30.8 Å². The van der Waals surface area contributed by atoms with Gasteiger partial charge in [-0.2, -0.15) is 4.98 Å². The third-order valence-corrected chi connectivity index (χ3v) is 2.39. The monoisotopic (exact) mass is 220 g/mol. The molecule has 16 heavy (non-hydrogen) atoms. The molecule has 0 atom stereocenters. The number of anilines is 1. The fraction of sp³-hybridized carbons (Fsp3) is 0.417. The van der Waals surface area contributed by atoms with Gasteiger partial charge in [-0.3, -0.25) is 0 Å². The first kappa shape index (κ1) is 11.0. The first-order chi connectivity index (χ1) is 7.90. The van der Waals surface area contributed by atoms with E-state index in [0.29, 0.717) is 12.5 Å². The molecule has 86 valence electrons. The summed E-state index contributed by atoms with van der Waals surface area (Å²) in [4.78, 5) is 4.36. The van der Waals surface area contributed by atoms with E-state index in [-0.39, 0.29) is 6.61 Å². The lowest BCUT2D eigenvalue weighted by Crippen LogP contribution is -2.08. The van der Waals surface area contributed by atoms with Crippen molar-refractivity contribution in [1.82, 2.24) is 4.98 Å². The normalized spacial score (nSPS) is 13.1. The zero-order chi connectivity index (χ0) is 11.2. The van der Waals surface area contributed by atoms with E-state index >= 15 is 0 Å². The summed E-state index contributed by atoms with van der Waals surface area (Å²) in [5, 5.41) is 11.8. The van der Waals surface area contributed by atoms with E-state index < -0.39 is 0 Å². The molecule has 0 saturated carbocycles. The van der Waals surface area contributed by atoms with Crippen molar-refractivity contribution in [3.05, 3.63) is 23.8 Å². The number of rotatable bonds is 5. The van der Waals surface area contributed by atoms with E-state index in [2.05, 4.69) is 16.4 Å². The number of pyridine rings is 1. The smallest absolute Gasteiger partial charge is 0.215 e. The minimum Gasteiger partial charge on any atom is -0.478 e. The Bertz CT molecular complexity index is 377. The molecule has 0 radical (unpaired) electrons. The minimum atomic E-state index is 0.216. The summed E-state index contributed by atoms with van der Waals surface area (Å²) in [6.45, 7) is 1.63. The SMILES string of the molecule is OCCCCOc1ccc2c(n1)NCC=C2. The number of nitrogens with one attached hydrogen (secondary N) is 1. The van der Waals surface area contributed by atoms with Gasteiger partial charge >= 0.3 is 0 Å². The molecule has 4 nitrogen and oxygen atoms in total. The van der Waals surface area contributed by atoms with E-state index in [1.165, 1.54) is 0 Å². The zero-order valence-electron chi connectivity index (χ0n) is 9.15. The maximum Gasteiger partial charge on any atom is 0.215 e. The van der Waals surface area contributed by atoms with Crippen molar-refractivity contribution in [3.63, 3.8) is 0 Å². The zero-order valence-corrected chi connectivity index (χ0v) is 9.15. The third kappa shape index (κ3) is 2.73. The highest BCUT2D eigenvalue weighted by molar-refractivity contribution is 5.66. The van der Waals surface area contributed by atoms with Crippen molar-refractivity contribution in [2.45, 2.75) is 12.8 Å². The number of ether oxygens (including phenoxy) is 1. The molecular weight excluding hydrogens is 204 g/mol. The highest BCUT2D eigenvalue weighted by Gasteiger charge is 2.06. The predicted molar refractivity (Wildman–Crippen MR) is 63.6 cm³/mol. The number of nitrogens with zero attached hydrogens (tertiary/aromatic N) is 1. The van der Waals surface area contributed by atoms with Crippen LogP contribution in [0.1, 0.15) is 18.4 Å². The molecule has 0 bridgehead atoms. The van der Waals surface area contributed by atoms with Gasteiger partial charge in [0.1, 0.15) is 5.82 Å². The maximum atomic E-state index is 8.63. The molecule has 0 spiro atoms. The van der Waals surface area contributed by atoms with Gasteiger partial charge in [0, 0.05) is 24.8 Å². The summed E-state index contributed by atoms with van der Waals surface area (Å²) < 4.78 is 5.49. The van der Waals surface area contributed by atoms with E-state index in [1.54, 1.807) is 0 Å². The second-order valence-electron chi connectivity index (χ2n) is 3.65. The van der Waals surface area contributed by atoms with Crippen LogP contribution in [0.5, 0.6) is 5.88 Å². The van der Waals surface area contributed by atoms with Gasteiger partial charge in [-0.25, -0.2) is 0 Å². The van der Waals surface area contributed by atoms with Crippen molar-refractivity contribution in [1.29, 1.82) is 0 Å². The van der Waals surface area contributed by atoms with Gasteiger partial charge in [-0.05, 0) is 18.9 Å². The second-order valence-corrected chi connectivity index (χ2v) is 3.65. The molecule has 4 heteroatoms. The Hall–Kier alpha value is -1.55. The summed E-state index contributed by atoms with van der Waals surface area (Å²) in [5.74, 6) is 1.52. The molecular formula is C12H16N2O2. The van der Waals surface area contributed by atoms with Gasteiger partial charge in [0.25, 0.3) is 0 Å². The molecule has 2 heterocycles. The Morgan fingerprint density at radius 2 is 2.31 bits per heavy atom. The molecule has 2 N–H and O–H groups in total. The van der Waals surface area contributed by atoms with Gasteiger partial charge in [-0.1, -0.05) is 12.2 Å². The summed E-state index contributed by atoms with van der Waals surface area (Å²) >= 11 is 0. The van der Waals surface area contributed by atoms with Crippen LogP contribution in [0.3, 0.4) is 0 Å². The van der Waals surface area contributed by atoms with Crippen molar-refractivity contribution in [2.24, 2.45) is 0 Å². The van der Waals surface area contributed by atoms with Gasteiger partial charge < -0.3 is 15.2 Å². The average Bonchev–Trinajstić information content (AvgIpc) is 2.34. The van der Waals surface area contributed by atoms with Gasteiger partial charge in [0.15, 0.2) is 0 Å². The van der Waals surface area contributed by atoms with Crippen LogP contribution in [0, 0.1) is 0 Å². The Kier molecular flexibility index (Phi) is 3.77. The van der Waals surface area contributed by atoms with Gasteiger partial charge in [0.2, 0.25) is 5.88 Å². The number of hydrogen-bond acceptors (Lipinski definition) is 4. The molecule has 2 rings (SSSR count). The summed E-state index contributed by atoms with van der Waals surface area (Å²) in [6, 6.07) is 3.86. The topological polar surface area (TPSA) is 54.4 Å². The lowest BCUT2D eigenvalue weighted by molar-refractivity contribution is 0.249. The van der Waals surface area contributed by atoms with Gasteiger partial charge in [0.05, 0.1) is 6.61 Å². The third-order valence-electron chi connectivity index (χ3n) is 2.39. The Labute approximate surface area is 95.0 Å². The minimum absolute atomic E-state index is 0.216. The van der Waals surface area contributed by atoms with Crippen LogP contribution in [-0.4, -0.2) is 29.8 Å². The van der Waals surface area contributed by atoms with Crippen molar-refractivity contribution < 1.29 is 9.84 Å². The summed E-state index contributed by atoms with van der Waals surface area (Å²) in [6.07, 6.45) is 5.73. The fourth-order valence-corrected chi connectivity index (χ4v) is 1.54. The van der Waals surface area contributed by atoms with E-state index in [4.69, 9.17) is 9.84 Å². The first-order valence-corrected chi connectivity index (χ1v) is 5.55. The lowest BCUT2D eigenvalue weighted by atomic mass is 10.2. The number of aliphatic hydroxyl groups is 1. The molecule has 0 aliphatic carbocycles. The number of fused-ring (bicyclic) bond motifs is 1. The standard InChI is InChI=1S/C12H16N2O2/c15-8-1-2-9-16-11-6-5-10-4-3-7-13-12(10)14-11/h3-6,15H,1-2,7-9H2,(H,13,14). The summed E-state index contributed by atoms with van der Waals surface area (Å²) in [5.41, 5.74) is 1.09. The Morgan fingerprint density at radius 3 is 3.19 bits per heavy atom. The number of unbranched alkanes of at least 4 members (excludes halogenated alkanes) is 1. The first-order valence-electron chi connectivity index (χ1n) is 5.55. The quantitative estimate of drug-likeness (QED) is 0.741. The fourth-order valence-electron chi connectivity index (χ4n) is 1.54. The average molecular weight is 220 g/mol. The molecule has 1 aromatic heterocycles. The maximum absolute atomic E-state index is 8.63. The lowest BCUT2D eigenvalue weighted by Gasteiger charge is -2.13. The largest absolute Gasteiger partial charge is 0.478 e. The molecule has 0 aromatic carbocycles. The number of aromatic nitrogens is 1. The molecule has 0 saturated heterocycles. The molecule has 0 fully saturated rings. The van der Waals surface area contributed by atoms with Crippen LogP contribution in [0.4, 0.5) is 5.82 Å². The van der Waals surface area contributed by atoms with Crippen LogP contribution in [0.25, 0.3) is 6.08 Å². The van der Waals surface area contributed by atoms with Crippen LogP contribution in [-0.2, 0) is 0 Å². The van der Waals surface area contributed by atoms with E-state index in [1.807, 2.05) is 18.2 Å². The molecule has 1 aliphatic heterocycles. The molecule has 0 amide bonds. The van der Waals surface area contributed by atoms with Crippen LogP contribution in [0.15, 0.2) is 18.2 Å². The van der Waals surface area contributed by atoms with Gasteiger partial charge in [-0.15, -0.1) is 0 Å². The van der Waals surface area contributed by atoms with Crippen LogP contribution < -0.4 is 10.1 Å². The van der Waals surface area contributed by atoms with Crippen molar-refractivity contribution in [3.8, 4) is 5.88 Å². The highest BCUT2D eigenvalue weighted by atomic mass is 16.5. The number of aliphatic hydroxyl groups excluding tert-OH is 1. The Balaban J connectivity index is 1.93. The molecule has 1 aromatic rings. The Morgan fingerprint density at radius 1 is 1.38 bits per heavy atom. The van der Waals surface area contributed by atoms with Crippen LogP contribution in [0.2, 0.25) is 0 Å². The summed E-state index contributed by atoms with van der Waals surface area (Å²) in [7, 11) is 0. The molecule has 1 aliphatic rings.